The molecule has 2 nitrogen and oxygen atoms in total. The molecule has 0 bridgehead atoms. The van der Waals surface area contributed by atoms with Crippen molar-refractivity contribution in [2.75, 3.05) is 27.3 Å². The lowest BCUT2D eigenvalue weighted by molar-refractivity contribution is 0.0664. The van der Waals surface area contributed by atoms with E-state index in [9.17, 15) is 0 Å². The molecule has 0 aliphatic heterocycles. The maximum Gasteiger partial charge on any atom is 0.0589 e. The molecule has 0 heterocycles. The van der Waals surface area contributed by atoms with Gasteiger partial charge >= 0.3 is 0 Å². The first-order valence-electron chi connectivity index (χ1n) is 6.69. The van der Waals surface area contributed by atoms with E-state index in [1.165, 1.54) is 25.7 Å². The molecule has 1 aliphatic carbocycles. The van der Waals surface area contributed by atoms with E-state index in [4.69, 9.17) is 4.74 Å². The monoisotopic (exact) mass is 227 g/mol. The average Bonchev–Trinajstić information content (AvgIpc) is 2.26. The molecule has 0 amide bonds. The number of rotatable bonds is 5. The van der Waals surface area contributed by atoms with E-state index >= 15 is 0 Å². The Kier molecular flexibility index (Phi) is 5.26. The van der Waals surface area contributed by atoms with E-state index in [1.54, 1.807) is 7.11 Å². The van der Waals surface area contributed by atoms with Gasteiger partial charge in [0.15, 0.2) is 0 Å². The van der Waals surface area contributed by atoms with Crippen LogP contribution in [-0.4, -0.2) is 38.3 Å². The zero-order valence-corrected chi connectivity index (χ0v) is 11.8. The van der Waals surface area contributed by atoms with Crippen LogP contribution in [0.25, 0.3) is 0 Å². The van der Waals surface area contributed by atoms with Crippen molar-refractivity contribution in [1.29, 1.82) is 0 Å². The SMILES string of the molecule is COCCN(C)[C@H]1CC[C@@](C)(C(C)C)CC1. The van der Waals surface area contributed by atoms with Crippen molar-refractivity contribution in [3.05, 3.63) is 0 Å². The summed E-state index contributed by atoms with van der Waals surface area (Å²) in [6, 6.07) is 0.780. The van der Waals surface area contributed by atoms with E-state index in [2.05, 4.69) is 32.7 Å². The Balaban J connectivity index is 2.36. The van der Waals surface area contributed by atoms with Crippen LogP contribution in [0.3, 0.4) is 0 Å². The van der Waals surface area contributed by atoms with Gasteiger partial charge in [0.05, 0.1) is 6.61 Å². The van der Waals surface area contributed by atoms with Crippen LogP contribution in [-0.2, 0) is 4.74 Å². The zero-order valence-electron chi connectivity index (χ0n) is 11.8. The Morgan fingerprint density at radius 3 is 2.31 bits per heavy atom. The van der Waals surface area contributed by atoms with Crippen LogP contribution in [0.15, 0.2) is 0 Å². The van der Waals surface area contributed by atoms with Crippen LogP contribution in [0.2, 0.25) is 0 Å². The molecule has 0 unspecified atom stereocenters. The highest BCUT2D eigenvalue weighted by Gasteiger charge is 2.34. The summed E-state index contributed by atoms with van der Waals surface area (Å²) in [5.74, 6) is 0.817. The van der Waals surface area contributed by atoms with Crippen LogP contribution in [0, 0.1) is 11.3 Å². The number of methoxy groups -OCH3 is 1. The summed E-state index contributed by atoms with van der Waals surface area (Å²) in [4.78, 5) is 2.48. The second-order valence-corrected chi connectivity index (χ2v) is 6.01. The molecule has 0 spiro atoms. The van der Waals surface area contributed by atoms with E-state index in [0.717, 1.165) is 25.1 Å². The van der Waals surface area contributed by atoms with E-state index in [0.29, 0.717) is 5.41 Å². The lowest BCUT2D eigenvalue weighted by Gasteiger charge is -2.43. The quantitative estimate of drug-likeness (QED) is 0.715. The second-order valence-electron chi connectivity index (χ2n) is 6.01. The molecule has 0 aromatic carbocycles. The Morgan fingerprint density at radius 1 is 1.31 bits per heavy atom. The maximum atomic E-state index is 5.14. The van der Waals surface area contributed by atoms with Crippen LogP contribution in [0.1, 0.15) is 46.5 Å². The molecule has 0 aromatic heterocycles. The molecule has 1 fully saturated rings. The molecule has 0 radical (unpaired) electrons. The van der Waals surface area contributed by atoms with E-state index < -0.39 is 0 Å². The summed E-state index contributed by atoms with van der Waals surface area (Å²) < 4.78 is 5.14. The highest BCUT2D eigenvalue weighted by molar-refractivity contribution is 4.87. The third kappa shape index (κ3) is 3.46. The van der Waals surface area contributed by atoms with Gasteiger partial charge in [0, 0.05) is 19.7 Å². The number of nitrogens with zero attached hydrogens (tertiary/aromatic N) is 1. The van der Waals surface area contributed by atoms with E-state index in [1.807, 2.05) is 0 Å². The van der Waals surface area contributed by atoms with Crippen molar-refractivity contribution in [3.8, 4) is 0 Å². The normalized spacial score (nSPS) is 31.3. The van der Waals surface area contributed by atoms with Gasteiger partial charge in [-0.1, -0.05) is 20.8 Å². The van der Waals surface area contributed by atoms with Gasteiger partial charge in [-0.2, -0.15) is 0 Å². The largest absolute Gasteiger partial charge is 0.383 e. The van der Waals surface area contributed by atoms with Crippen LogP contribution in [0.5, 0.6) is 0 Å². The molecule has 16 heavy (non-hydrogen) atoms. The van der Waals surface area contributed by atoms with Crippen LogP contribution in [0.4, 0.5) is 0 Å². The molecule has 0 atom stereocenters. The number of hydrogen-bond donors (Lipinski definition) is 0. The van der Waals surface area contributed by atoms with Gasteiger partial charge in [0.2, 0.25) is 0 Å². The predicted molar refractivity (Wildman–Crippen MR) is 69.7 cm³/mol. The summed E-state index contributed by atoms with van der Waals surface area (Å²) in [6.07, 6.45) is 5.48. The summed E-state index contributed by atoms with van der Waals surface area (Å²) in [7, 11) is 4.02. The number of hydrogen-bond acceptors (Lipinski definition) is 2. The molecular formula is C14H29NO. The van der Waals surface area contributed by atoms with E-state index in [-0.39, 0.29) is 0 Å². The maximum absolute atomic E-state index is 5.14. The standard InChI is InChI=1S/C14H29NO/c1-12(2)14(3)8-6-13(7-9-14)15(4)10-11-16-5/h12-13H,6-11H2,1-5H3/t13-,14+. The molecule has 1 rings (SSSR count). The second kappa shape index (κ2) is 6.02. The highest BCUT2D eigenvalue weighted by Crippen LogP contribution is 2.42. The molecular weight excluding hydrogens is 198 g/mol. The third-order valence-corrected chi connectivity index (χ3v) is 4.76. The lowest BCUT2D eigenvalue weighted by Crippen LogP contribution is -2.40. The molecule has 1 aliphatic rings. The fourth-order valence-corrected chi connectivity index (χ4v) is 2.70. The van der Waals surface area contributed by atoms with Gasteiger partial charge in [-0.15, -0.1) is 0 Å². The molecule has 0 aromatic rings. The Hall–Kier alpha value is -0.0800. The molecule has 0 saturated heterocycles. The van der Waals surface area contributed by atoms with Crippen molar-refractivity contribution in [3.63, 3.8) is 0 Å². The highest BCUT2D eigenvalue weighted by atomic mass is 16.5. The summed E-state index contributed by atoms with van der Waals surface area (Å²) in [5.41, 5.74) is 0.582. The molecule has 0 N–H and O–H groups in total. The van der Waals surface area contributed by atoms with Gasteiger partial charge in [-0.3, -0.25) is 0 Å². The average molecular weight is 227 g/mol. The van der Waals surface area contributed by atoms with Gasteiger partial charge in [-0.25, -0.2) is 0 Å². The van der Waals surface area contributed by atoms with Crippen LogP contribution < -0.4 is 0 Å². The summed E-state index contributed by atoms with van der Waals surface area (Å²) in [5, 5.41) is 0. The smallest absolute Gasteiger partial charge is 0.0589 e. The lowest BCUT2D eigenvalue weighted by atomic mass is 9.67. The first-order valence-corrected chi connectivity index (χ1v) is 6.69. The van der Waals surface area contributed by atoms with Crippen molar-refractivity contribution < 1.29 is 4.74 Å². The van der Waals surface area contributed by atoms with Crippen molar-refractivity contribution in [2.24, 2.45) is 11.3 Å². The Morgan fingerprint density at radius 2 is 1.88 bits per heavy atom. The first kappa shape index (κ1) is 14.0. The molecule has 96 valence electrons. The third-order valence-electron chi connectivity index (χ3n) is 4.76. The summed E-state index contributed by atoms with van der Waals surface area (Å²) in [6.45, 7) is 9.13. The fourth-order valence-electron chi connectivity index (χ4n) is 2.70. The van der Waals surface area contributed by atoms with Gasteiger partial charge in [-0.05, 0) is 44.1 Å². The predicted octanol–water partition coefficient (Wildman–Crippen LogP) is 3.17. The summed E-state index contributed by atoms with van der Waals surface area (Å²) >= 11 is 0. The minimum absolute atomic E-state index is 0.582. The number of ether oxygens (including phenoxy) is 1. The zero-order chi connectivity index (χ0) is 12.2. The van der Waals surface area contributed by atoms with Crippen molar-refractivity contribution in [2.45, 2.75) is 52.5 Å². The van der Waals surface area contributed by atoms with Crippen molar-refractivity contribution in [1.82, 2.24) is 4.90 Å². The fraction of sp³-hybridized carbons (Fsp3) is 1.00. The van der Waals surface area contributed by atoms with Crippen molar-refractivity contribution >= 4 is 0 Å². The molecule has 1 saturated carbocycles. The minimum atomic E-state index is 0.582. The van der Waals surface area contributed by atoms with Gasteiger partial charge < -0.3 is 9.64 Å². The van der Waals surface area contributed by atoms with Gasteiger partial charge in [0.25, 0.3) is 0 Å². The minimum Gasteiger partial charge on any atom is -0.383 e. The first-order chi connectivity index (χ1) is 7.49. The topological polar surface area (TPSA) is 12.5 Å². The Labute approximate surface area is 101 Å². The Bertz CT molecular complexity index is 195. The van der Waals surface area contributed by atoms with Crippen LogP contribution >= 0.6 is 0 Å². The van der Waals surface area contributed by atoms with Gasteiger partial charge in [0.1, 0.15) is 0 Å². The molecule has 2 heteroatoms. The number of likely N-dealkylation sites (N-methyl/N-ethyl adjacent to an activating group) is 1.